The Balaban J connectivity index is 1.80. The van der Waals surface area contributed by atoms with Crippen molar-refractivity contribution in [3.63, 3.8) is 0 Å². The third-order valence-corrected chi connectivity index (χ3v) is 5.81. The summed E-state index contributed by atoms with van der Waals surface area (Å²) in [5, 5.41) is 10.6. The van der Waals surface area contributed by atoms with Gasteiger partial charge in [0, 0.05) is 0 Å². The minimum atomic E-state index is 0.295. The van der Waals surface area contributed by atoms with Crippen LogP contribution in [0.25, 0.3) is 22.1 Å². The Hall–Kier alpha value is -2.16. The van der Waals surface area contributed by atoms with Crippen molar-refractivity contribution in [1.29, 1.82) is 0 Å². The van der Waals surface area contributed by atoms with Crippen LogP contribution in [0, 0.1) is 5.92 Å². The summed E-state index contributed by atoms with van der Waals surface area (Å²) in [6.07, 6.45) is 7.59. The van der Waals surface area contributed by atoms with Gasteiger partial charge in [-0.3, -0.25) is 0 Å². The van der Waals surface area contributed by atoms with E-state index >= 15 is 0 Å². The Kier molecular flexibility index (Phi) is 2.84. The lowest BCUT2D eigenvalue weighted by Gasteiger charge is -2.37. The van der Waals surface area contributed by atoms with Crippen LogP contribution in [0.5, 0.6) is 5.75 Å². The summed E-state index contributed by atoms with van der Waals surface area (Å²) in [5.74, 6) is 1.70. The highest BCUT2D eigenvalue weighted by atomic mass is 16.3. The summed E-state index contributed by atoms with van der Waals surface area (Å²) in [6, 6.07) is 9.91. The maximum Gasteiger partial charge on any atom is 0.143 e. The normalized spacial score (nSPS) is 23.7. The molecular weight excluding hydrogens is 284 g/mol. The lowest BCUT2D eigenvalue weighted by Crippen LogP contribution is -2.24. The molecule has 1 aromatic heterocycles. The van der Waals surface area contributed by atoms with Crippen molar-refractivity contribution in [3.05, 3.63) is 41.5 Å². The van der Waals surface area contributed by atoms with E-state index in [4.69, 9.17) is 4.98 Å². The van der Waals surface area contributed by atoms with Gasteiger partial charge in [0.05, 0.1) is 16.6 Å². The van der Waals surface area contributed by atoms with Crippen molar-refractivity contribution in [2.75, 3.05) is 0 Å². The summed E-state index contributed by atoms with van der Waals surface area (Å²) >= 11 is 0. The quantitative estimate of drug-likeness (QED) is 0.612. The van der Waals surface area contributed by atoms with Crippen molar-refractivity contribution in [2.45, 2.75) is 44.4 Å². The largest absolute Gasteiger partial charge is 0.506 e. The van der Waals surface area contributed by atoms with Gasteiger partial charge in [-0.1, -0.05) is 25.0 Å². The Morgan fingerprint density at radius 1 is 0.913 bits per heavy atom. The second kappa shape index (κ2) is 4.92. The molecule has 0 saturated heterocycles. The Bertz CT molecular complexity index is 918. The molecule has 0 radical (unpaired) electrons. The fourth-order valence-electron chi connectivity index (χ4n) is 4.71. The zero-order valence-electron chi connectivity index (χ0n) is 13.1. The lowest BCUT2D eigenvalue weighted by atomic mass is 9.68. The van der Waals surface area contributed by atoms with Gasteiger partial charge in [-0.15, -0.1) is 0 Å². The molecule has 3 aromatic rings. The van der Waals surface area contributed by atoms with Gasteiger partial charge >= 0.3 is 0 Å². The van der Waals surface area contributed by atoms with Crippen LogP contribution in [-0.2, 0) is 6.42 Å². The zero-order valence-corrected chi connectivity index (χ0v) is 13.1. The Morgan fingerprint density at radius 2 is 1.65 bits per heavy atom. The number of para-hydroxylation sites is 2. The van der Waals surface area contributed by atoms with Crippen LogP contribution in [0.3, 0.4) is 0 Å². The molecule has 0 spiro atoms. The van der Waals surface area contributed by atoms with Crippen molar-refractivity contribution in [1.82, 2.24) is 9.97 Å². The van der Waals surface area contributed by atoms with Crippen LogP contribution in [0.2, 0.25) is 0 Å². The smallest absolute Gasteiger partial charge is 0.143 e. The molecule has 1 fully saturated rings. The van der Waals surface area contributed by atoms with E-state index in [9.17, 15) is 5.11 Å². The summed E-state index contributed by atoms with van der Waals surface area (Å²) in [7, 11) is 0. The number of aromatic nitrogens is 2. The van der Waals surface area contributed by atoms with Gasteiger partial charge in [-0.25, -0.2) is 9.97 Å². The molecule has 0 amide bonds. The molecule has 3 nitrogen and oxygen atoms in total. The minimum absolute atomic E-state index is 0.295. The molecule has 0 bridgehead atoms. The van der Waals surface area contributed by atoms with E-state index in [0.29, 0.717) is 17.2 Å². The number of phenols is 1. The Labute approximate surface area is 135 Å². The zero-order chi connectivity index (χ0) is 15.4. The fourth-order valence-corrected chi connectivity index (χ4v) is 4.71. The first-order valence-corrected chi connectivity index (χ1v) is 8.72. The SMILES string of the molecule is Oc1cc2c(c3nc4ccccc4nc13)CCC1CCCCC21. The molecule has 1 N–H and O–H groups in total. The van der Waals surface area contributed by atoms with Gasteiger partial charge in [0.15, 0.2) is 0 Å². The van der Waals surface area contributed by atoms with E-state index in [-0.39, 0.29) is 0 Å². The van der Waals surface area contributed by atoms with E-state index in [1.54, 1.807) is 0 Å². The van der Waals surface area contributed by atoms with Gasteiger partial charge in [-0.2, -0.15) is 0 Å². The molecule has 3 heteroatoms. The number of aromatic hydroxyl groups is 1. The van der Waals surface area contributed by atoms with Crippen LogP contribution >= 0.6 is 0 Å². The predicted octanol–water partition coefficient (Wildman–Crippen LogP) is 4.71. The first-order chi connectivity index (χ1) is 11.3. The summed E-state index contributed by atoms with van der Waals surface area (Å²) in [6.45, 7) is 0. The number of phenolic OH excluding ortho intramolecular Hbond substituents is 1. The summed E-state index contributed by atoms with van der Waals surface area (Å²) in [4.78, 5) is 9.54. The monoisotopic (exact) mass is 304 g/mol. The molecule has 2 aliphatic carbocycles. The number of nitrogens with zero attached hydrogens (tertiary/aromatic N) is 2. The van der Waals surface area contributed by atoms with Gasteiger partial charge in [0.25, 0.3) is 0 Å². The summed E-state index contributed by atoms with van der Waals surface area (Å²) < 4.78 is 0. The van der Waals surface area contributed by atoms with E-state index in [2.05, 4.69) is 4.98 Å². The number of hydrogen-bond acceptors (Lipinski definition) is 3. The molecule has 0 aliphatic heterocycles. The van der Waals surface area contributed by atoms with E-state index < -0.39 is 0 Å². The van der Waals surface area contributed by atoms with Crippen LogP contribution in [0.15, 0.2) is 30.3 Å². The van der Waals surface area contributed by atoms with Gasteiger partial charge in [0.1, 0.15) is 11.3 Å². The highest BCUT2D eigenvalue weighted by Crippen LogP contribution is 2.47. The second-order valence-electron chi connectivity index (χ2n) is 7.06. The highest BCUT2D eigenvalue weighted by Gasteiger charge is 2.33. The topological polar surface area (TPSA) is 46.0 Å². The lowest BCUT2D eigenvalue weighted by molar-refractivity contribution is 0.275. The molecular formula is C20H20N2O. The molecule has 23 heavy (non-hydrogen) atoms. The van der Waals surface area contributed by atoms with E-state index in [1.165, 1.54) is 43.2 Å². The molecule has 1 saturated carbocycles. The van der Waals surface area contributed by atoms with Gasteiger partial charge < -0.3 is 5.11 Å². The van der Waals surface area contributed by atoms with E-state index in [1.807, 2.05) is 30.3 Å². The minimum Gasteiger partial charge on any atom is -0.506 e. The molecule has 2 atom stereocenters. The van der Waals surface area contributed by atoms with Gasteiger partial charge in [-0.05, 0) is 66.8 Å². The maximum absolute atomic E-state index is 10.6. The first-order valence-electron chi connectivity index (χ1n) is 8.72. The summed E-state index contributed by atoms with van der Waals surface area (Å²) in [5.41, 5.74) is 6.02. The number of hydrogen-bond donors (Lipinski definition) is 1. The van der Waals surface area contributed by atoms with Crippen LogP contribution in [0.4, 0.5) is 0 Å². The molecule has 5 rings (SSSR count). The molecule has 2 aromatic carbocycles. The van der Waals surface area contributed by atoms with Crippen molar-refractivity contribution in [2.24, 2.45) is 5.92 Å². The van der Waals surface area contributed by atoms with Crippen molar-refractivity contribution >= 4 is 22.1 Å². The fraction of sp³-hybridized carbons (Fsp3) is 0.400. The first kappa shape index (κ1) is 13.3. The van der Waals surface area contributed by atoms with Crippen LogP contribution in [-0.4, -0.2) is 15.1 Å². The molecule has 116 valence electrons. The number of fused-ring (bicyclic) bond motifs is 6. The second-order valence-corrected chi connectivity index (χ2v) is 7.06. The molecule has 1 heterocycles. The third-order valence-electron chi connectivity index (χ3n) is 5.81. The molecule has 2 aliphatic rings. The van der Waals surface area contributed by atoms with Gasteiger partial charge in [0.2, 0.25) is 0 Å². The third kappa shape index (κ3) is 1.95. The average Bonchev–Trinajstić information content (AvgIpc) is 2.60. The maximum atomic E-state index is 10.6. The highest BCUT2D eigenvalue weighted by molar-refractivity contribution is 5.92. The van der Waals surface area contributed by atoms with Crippen molar-refractivity contribution in [3.8, 4) is 5.75 Å². The van der Waals surface area contributed by atoms with Crippen LogP contribution < -0.4 is 0 Å². The standard InChI is InChI=1S/C20H20N2O/c23-18-11-15-13-6-2-1-5-12(13)9-10-14(15)19-20(18)22-17-8-4-3-7-16(17)21-19/h3-4,7-8,11-13,23H,1-2,5-6,9-10H2. The Morgan fingerprint density at radius 3 is 2.48 bits per heavy atom. The number of aryl methyl sites for hydroxylation is 1. The number of benzene rings is 2. The number of rotatable bonds is 0. The predicted molar refractivity (Wildman–Crippen MR) is 91.7 cm³/mol. The van der Waals surface area contributed by atoms with Crippen molar-refractivity contribution < 1.29 is 5.11 Å². The van der Waals surface area contributed by atoms with E-state index in [0.717, 1.165) is 28.9 Å². The molecule has 2 unspecified atom stereocenters. The average molecular weight is 304 g/mol. The van der Waals surface area contributed by atoms with Crippen LogP contribution in [0.1, 0.15) is 49.1 Å².